The largest absolute Gasteiger partial charge is 0.494 e. The second kappa shape index (κ2) is 9.67. The number of halogens is 1. The molecule has 9 heteroatoms. The van der Waals surface area contributed by atoms with Crippen LogP contribution in [0.3, 0.4) is 0 Å². The number of hydrogen-bond acceptors (Lipinski definition) is 5. The van der Waals surface area contributed by atoms with Crippen molar-refractivity contribution >= 4 is 17.8 Å². The van der Waals surface area contributed by atoms with Crippen molar-refractivity contribution in [3.8, 4) is 5.75 Å². The van der Waals surface area contributed by atoms with E-state index in [9.17, 15) is 18.8 Å². The molecule has 3 fully saturated rings. The molecule has 8 nitrogen and oxygen atoms in total. The number of carbonyl (C=O) groups is 3. The maximum Gasteiger partial charge on any atom is 0.327 e. The van der Waals surface area contributed by atoms with E-state index in [1.807, 2.05) is 6.07 Å². The maximum atomic E-state index is 13.9. The van der Waals surface area contributed by atoms with E-state index in [-0.39, 0.29) is 42.0 Å². The number of rotatable bonds is 6. The lowest BCUT2D eigenvalue weighted by atomic mass is 9.81. The average Bonchev–Trinajstić information content (AvgIpc) is 2.97. The molecule has 2 saturated heterocycles. The van der Waals surface area contributed by atoms with E-state index in [1.165, 1.54) is 13.2 Å². The van der Waals surface area contributed by atoms with Crippen LogP contribution in [0.15, 0.2) is 18.2 Å². The Morgan fingerprint density at radius 3 is 2.52 bits per heavy atom. The third-order valence-electron chi connectivity index (χ3n) is 7.36. The number of hydrogen-bond donors (Lipinski definition) is 1. The van der Waals surface area contributed by atoms with Gasteiger partial charge in [0.25, 0.3) is 5.91 Å². The highest BCUT2D eigenvalue weighted by atomic mass is 19.1. The minimum absolute atomic E-state index is 0.00414. The van der Waals surface area contributed by atoms with Crippen LogP contribution in [0.5, 0.6) is 5.75 Å². The Morgan fingerprint density at radius 1 is 1.18 bits per heavy atom. The Labute approximate surface area is 194 Å². The van der Waals surface area contributed by atoms with E-state index in [4.69, 9.17) is 4.74 Å². The zero-order valence-electron chi connectivity index (χ0n) is 19.4. The van der Waals surface area contributed by atoms with Gasteiger partial charge in [0.15, 0.2) is 11.6 Å². The summed E-state index contributed by atoms with van der Waals surface area (Å²) < 4.78 is 18.9. The smallest absolute Gasteiger partial charge is 0.327 e. The molecule has 2 aliphatic heterocycles. The molecule has 1 aromatic carbocycles. The topological polar surface area (TPSA) is 82.2 Å². The molecule has 0 aromatic heterocycles. The van der Waals surface area contributed by atoms with Crippen LogP contribution in [-0.2, 0) is 16.1 Å². The molecule has 1 N–H and O–H groups in total. The van der Waals surface area contributed by atoms with E-state index >= 15 is 0 Å². The lowest BCUT2D eigenvalue weighted by molar-refractivity contribution is -0.137. The Hall–Kier alpha value is -2.68. The monoisotopic (exact) mass is 460 g/mol. The molecule has 4 amide bonds. The normalized spacial score (nSPS) is 21.7. The Bertz CT molecular complexity index is 910. The molecule has 0 unspecified atom stereocenters. The highest BCUT2D eigenvalue weighted by Crippen LogP contribution is 2.39. The molecular formula is C24H33FN4O4. The minimum atomic E-state index is -0.762. The molecule has 4 rings (SSSR count). The van der Waals surface area contributed by atoms with Crippen molar-refractivity contribution in [2.24, 2.45) is 0 Å². The van der Waals surface area contributed by atoms with Crippen molar-refractivity contribution in [1.29, 1.82) is 0 Å². The van der Waals surface area contributed by atoms with Gasteiger partial charge in [-0.05, 0) is 43.4 Å². The van der Waals surface area contributed by atoms with Crippen molar-refractivity contribution in [3.63, 3.8) is 0 Å². The summed E-state index contributed by atoms with van der Waals surface area (Å²) in [6.45, 7) is 1.94. The van der Waals surface area contributed by atoms with Crippen molar-refractivity contribution in [2.45, 2.75) is 63.1 Å². The van der Waals surface area contributed by atoms with E-state index < -0.39 is 5.54 Å². The van der Waals surface area contributed by atoms with Crippen LogP contribution in [0, 0.1) is 5.82 Å². The van der Waals surface area contributed by atoms with Gasteiger partial charge in [-0.2, -0.15) is 0 Å². The van der Waals surface area contributed by atoms with E-state index in [0.29, 0.717) is 19.4 Å². The lowest BCUT2D eigenvalue weighted by Gasteiger charge is -2.35. The molecular weight excluding hydrogens is 427 g/mol. The number of imide groups is 1. The summed E-state index contributed by atoms with van der Waals surface area (Å²) in [5.41, 5.74) is 0.115. The highest BCUT2D eigenvalue weighted by Gasteiger charge is 2.55. The van der Waals surface area contributed by atoms with E-state index in [1.54, 1.807) is 18.0 Å². The first-order chi connectivity index (χ1) is 15.8. The second-order valence-electron chi connectivity index (χ2n) is 9.41. The summed E-state index contributed by atoms with van der Waals surface area (Å²) in [6.07, 6.45) is 5.78. The third-order valence-corrected chi connectivity index (χ3v) is 7.36. The molecule has 1 aromatic rings. The van der Waals surface area contributed by atoms with Gasteiger partial charge >= 0.3 is 6.03 Å². The van der Waals surface area contributed by atoms with E-state index in [0.717, 1.165) is 55.7 Å². The number of likely N-dealkylation sites (tertiary alicyclic amines) is 1. The number of benzene rings is 1. The van der Waals surface area contributed by atoms with Gasteiger partial charge in [-0.3, -0.25) is 19.4 Å². The predicted octanol–water partition coefficient (Wildman–Crippen LogP) is 2.51. The second-order valence-corrected chi connectivity index (χ2v) is 9.41. The predicted molar refractivity (Wildman–Crippen MR) is 120 cm³/mol. The fourth-order valence-electron chi connectivity index (χ4n) is 5.39. The molecule has 33 heavy (non-hydrogen) atoms. The Kier molecular flexibility index (Phi) is 6.88. The van der Waals surface area contributed by atoms with Gasteiger partial charge in [-0.1, -0.05) is 25.3 Å². The first-order valence-corrected chi connectivity index (χ1v) is 11.8. The summed E-state index contributed by atoms with van der Waals surface area (Å²) in [5.74, 6) is -0.667. The van der Waals surface area contributed by atoms with Crippen LogP contribution in [-0.4, -0.2) is 77.9 Å². The van der Waals surface area contributed by atoms with Crippen LogP contribution in [0.4, 0.5) is 9.18 Å². The lowest BCUT2D eigenvalue weighted by Crippen LogP contribution is -2.50. The van der Waals surface area contributed by atoms with Crippen molar-refractivity contribution in [3.05, 3.63) is 29.6 Å². The van der Waals surface area contributed by atoms with E-state index in [2.05, 4.69) is 10.2 Å². The molecule has 2 heterocycles. The van der Waals surface area contributed by atoms with Crippen molar-refractivity contribution in [1.82, 2.24) is 20.0 Å². The molecule has 0 atom stereocenters. The van der Waals surface area contributed by atoms with Crippen molar-refractivity contribution < 1.29 is 23.5 Å². The van der Waals surface area contributed by atoms with Gasteiger partial charge in [0.1, 0.15) is 12.1 Å². The van der Waals surface area contributed by atoms with Crippen LogP contribution in [0.25, 0.3) is 0 Å². The van der Waals surface area contributed by atoms with Crippen molar-refractivity contribution in [2.75, 3.05) is 33.8 Å². The van der Waals surface area contributed by atoms with Crippen LogP contribution >= 0.6 is 0 Å². The summed E-state index contributed by atoms with van der Waals surface area (Å²) in [6, 6.07) is 4.60. The quantitative estimate of drug-likeness (QED) is 0.660. The van der Waals surface area contributed by atoms with Crippen LogP contribution in [0.2, 0.25) is 0 Å². The van der Waals surface area contributed by atoms with Crippen LogP contribution in [0.1, 0.15) is 50.5 Å². The number of carbonyl (C=O) groups excluding carboxylic acids is 3. The molecule has 180 valence electrons. The number of methoxy groups -OCH3 is 1. The summed E-state index contributed by atoms with van der Waals surface area (Å²) in [4.78, 5) is 43.3. The zero-order chi connectivity index (χ0) is 23.6. The summed E-state index contributed by atoms with van der Waals surface area (Å²) >= 11 is 0. The number of likely N-dealkylation sites (N-methyl/N-ethyl adjacent to an activating group) is 1. The molecule has 1 saturated carbocycles. The van der Waals surface area contributed by atoms with Gasteiger partial charge < -0.3 is 15.0 Å². The molecule has 0 bridgehead atoms. The SMILES string of the molecule is COc1ccc(CN2CCC(NC(=O)CN3C(=O)N(C)C4(CCCCC4)C3=O)CC2)cc1F. The number of urea groups is 1. The van der Waals surface area contributed by atoms with Gasteiger partial charge in [0.2, 0.25) is 5.91 Å². The summed E-state index contributed by atoms with van der Waals surface area (Å²) in [7, 11) is 3.12. The van der Waals surface area contributed by atoms with Gasteiger partial charge in [0, 0.05) is 32.7 Å². The fourth-order valence-corrected chi connectivity index (χ4v) is 5.39. The summed E-state index contributed by atoms with van der Waals surface area (Å²) in [5, 5.41) is 2.99. The number of amides is 4. The number of nitrogens with one attached hydrogen (secondary N) is 1. The first kappa shape index (κ1) is 23.5. The third kappa shape index (κ3) is 4.69. The molecule has 1 aliphatic carbocycles. The number of ether oxygens (including phenoxy) is 1. The fraction of sp³-hybridized carbons (Fsp3) is 0.625. The van der Waals surface area contributed by atoms with Gasteiger partial charge in [-0.25, -0.2) is 9.18 Å². The molecule has 3 aliphatic rings. The Balaban J connectivity index is 1.26. The minimum Gasteiger partial charge on any atom is -0.494 e. The number of nitrogens with zero attached hydrogens (tertiary/aromatic N) is 3. The Morgan fingerprint density at radius 2 is 1.88 bits per heavy atom. The average molecular weight is 461 g/mol. The molecule has 1 spiro atoms. The first-order valence-electron chi connectivity index (χ1n) is 11.8. The zero-order valence-corrected chi connectivity index (χ0v) is 19.4. The standard InChI is InChI=1S/C24H33FN4O4/c1-27-23(32)29(22(31)24(27)10-4-3-5-11-24)16-21(30)26-18-8-12-28(13-9-18)15-17-6-7-20(33-2)19(25)14-17/h6-7,14,18H,3-5,8-13,15-16H2,1-2H3,(H,26,30). The van der Waals surface area contributed by atoms with Gasteiger partial charge in [-0.15, -0.1) is 0 Å². The molecule has 0 radical (unpaired) electrons. The maximum absolute atomic E-state index is 13.9. The number of piperidine rings is 1. The highest BCUT2D eigenvalue weighted by molar-refractivity contribution is 6.08. The van der Waals surface area contributed by atoms with Gasteiger partial charge in [0.05, 0.1) is 7.11 Å². The van der Waals surface area contributed by atoms with Crippen LogP contribution < -0.4 is 10.1 Å².